The van der Waals surface area contributed by atoms with Crippen molar-refractivity contribution in [2.75, 3.05) is 7.05 Å². The van der Waals surface area contributed by atoms with Crippen molar-refractivity contribution in [3.63, 3.8) is 0 Å². The third-order valence-electron chi connectivity index (χ3n) is 3.27. The quantitative estimate of drug-likeness (QED) is 0.718. The Kier molecular flexibility index (Phi) is 5.94. The molecule has 2 nitrogen and oxygen atoms in total. The number of hydrogen-bond acceptors (Lipinski definition) is 2. The zero-order valence-electron chi connectivity index (χ0n) is 11.8. The van der Waals surface area contributed by atoms with Gasteiger partial charge in [-0.3, -0.25) is 0 Å². The summed E-state index contributed by atoms with van der Waals surface area (Å²) < 4.78 is 6.96. The van der Waals surface area contributed by atoms with Crippen LogP contribution < -0.4 is 10.1 Å². The Morgan fingerprint density at radius 2 is 1.95 bits per heavy atom. The lowest BCUT2D eigenvalue weighted by Crippen LogP contribution is -2.13. The number of rotatable bonds is 5. The van der Waals surface area contributed by atoms with Crippen molar-refractivity contribution in [1.29, 1.82) is 0 Å². The average molecular weight is 389 g/mol. The van der Waals surface area contributed by atoms with E-state index in [-0.39, 0.29) is 6.04 Å². The molecule has 2 aromatic rings. The summed E-state index contributed by atoms with van der Waals surface area (Å²) in [6.07, 6.45) is 0. The predicted molar refractivity (Wildman–Crippen MR) is 92.4 cm³/mol. The maximum absolute atomic E-state index is 6.17. The molecule has 0 amide bonds. The lowest BCUT2D eigenvalue weighted by Gasteiger charge is -2.17. The van der Waals surface area contributed by atoms with Crippen molar-refractivity contribution < 1.29 is 4.74 Å². The second-order valence-electron chi connectivity index (χ2n) is 4.72. The number of halogens is 3. The fourth-order valence-electron chi connectivity index (χ4n) is 1.94. The first-order valence-electron chi connectivity index (χ1n) is 6.54. The summed E-state index contributed by atoms with van der Waals surface area (Å²) in [7, 11) is 1.92. The molecule has 0 fully saturated rings. The van der Waals surface area contributed by atoms with Gasteiger partial charge in [0.15, 0.2) is 0 Å². The van der Waals surface area contributed by atoms with Crippen LogP contribution in [0, 0.1) is 0 Å². The molecule has 0 saturated heterocycles. The summed E-state index contributed by atoms with van der Waals surface area (Å²) in [5.41, 5.74) is 2.00. The van der Waals surface area contributed by atoms with Crippen LogP contribution in [-0.2, 0) is 6.61 Å². The molecule has 21 heavy (non-hydrogen) atoms. The smallest absolute Gasteiger partial charge is 0.124 e. The van der Waals surface area contributed by atoms with Gasteiger partial charge in [-0.1, -0.05) is 45.2 Å². The van der Waals surface area contributed by atoms with Gasteiger partial charge in [0.2, 0.25) is 0 Å². The summed E-state index contributed by atoms with van der Waals surface area (Å²) in [6, 6.07) is 11.6. The summed E-state index contributed by atoms with van der Waals surface area (Å²) >= 11 is 15.6. The highest BCUT2D eigenvalue weighted by atomic mass is 79.9. The number of benzene rings is 2. The van der Waals surface area contributed by atoms with Crippen molar-refractivity contribution in [2.45, 2.75) is 19.6 Å². The fourth-order valence-corrected chi connectivity index (χ4v) is 2.78. The van der Waals surface area contributed by atoms with Crippen molar-refractivity contribution in [3.8, 4) is 5.75 Å². The highest BCUT2D eigenvalue weighted by Crippen LogP contribution is 2.30. The minimum atomic E-state index is 0.193. The van der Waals surface area contributed by atoms with Gasteiger partial charge in [-0.2, -0.15) is 0 Å². The highest BCUT2D eigenvalue weighted by Gasteiger charge is 2.11. The van der Waals surface area contributed by atoms with Crippen LogP contribution in [0.3, 0.4) is 0 Å². The van der Waals surface area contributed by atoms with Crippen molar-refractivity contribution in [2.24, 2.45) is 0 Å². The first-order valence-corrected chi connectivity index (χ1v) is 8.09. The molecule has 2 aromatic carbocycles. The number of ether oxygens (including phenoxy) is 1. The van der Waals surface area contributed by atoms with Gasteiger partial charge in [0.05, 0.1) is 0 Å². The molecule has 0 aliphatic carbocycles. The van der Waals surface area contributed by atoms with E-state index in [4.69, 9.17) is 27.9 Å². The molecular weight excluding hydrogens is 373 g/mol. The Balaban J connectivity index is 2.19. The molecule has 0 bridgehead atoms. The standard InChI is InChI=1S/C16H16BrCl2NO/c1-10(20-2)14-7-12(17)4-6-16(14)21-9-11-3-5-13(18)8-15(11)19/h3-8,10,20H,9H2,1-2H3. The SMILES string of the molecule is CNC(C)c1cc(Br)ccc1OCc1ccc(Cl)cc1Cl. The van der Waals surface area contributed by atoms with Gasteiger partial charge in [-0.05, 0) is 44.3 Å². The van der Waals surface area contributed by atoms with Gasteiger partial charge in [-0.15, -0.1) is 0 Å². The van der Waals surface area contributed by atoms with Crippen molar-refractivity contribution >= 4 is 39.1 Å². The van der Waals surface area contributed by atoms with Crippen LogP contribution in [0.5, 0.6) is 5.75 Å². The Hall–Kier alpha value is -0.740. The van der Waals surface area contributed by atoms with E-state index in [0.717, 1.165) is 21.3 Å². The normalized spacial score (nSPS) is 12.2. The monoisotopic (exact) mass is 387 g/mol. The van der Waals surface area contributed by atoms with Gasteiger partial charge < -0.3 is 10.1 Å². The van der Waals surface area contributed by atoms with E-state index in [0.29, 0.717) is 16.7 Å². The average Bonchev–Trinajstić information content (AvgIpc) is 2.46. The van der Waals surface area contributed by atoms with Gasteiger partial charge in [0, 0.05) is 31.7 Å². The van der Waals surface area contributed by atoms with Crippen LogP contribution >= 0.6 is 39.1 Å². The minimum absolute atomic E-state index is 0.193. The molecule has 0 heterocycles. The predicted octanol–water partition coefficient (Wildman–Crippen LogP) is 5.62. The van der Waals surface area contributed by atoms with E-state index in [1.807, 2.05) is 31.3 Å². The Morgan fingerprint density at radius 1 is 1.19 bits per heavy atom. The van der Waals surface area contributed by atoms with E-state index >= 15 is 0 Å². The first kappa shape index (κ1) is 16.6. The summed E-state index contributed by atoms with van der Waals surface area (Å²) in [4.78, 5) is 0. The molecule has 0 aromatic heterocycles. The zero-order valence-corrected chi connectivity index (χ0v) is 14.9. The molecular formula is C16H16BrCl2NO. The van der Waals surface area contributed by atoms with Crippen molar-refractivity contribution in [1.82, 2.24) is 5.32 Å². The minimum Gasteiger partial charge on any atom is -0.489 e. The van der Waals surface area contributed by atoms with Crippen LogP contribution in [0.4, 0.5) is 0 Å². The largest absolute Gasteiger partial charge is 0.489 e. The molecule has 0 radical (unpaired) electrons. The van der Waals surface area contributed by atoms with Gasteiger partial charge in [0.1, 0.15) is 12.4 Å². The van der Waals surface area contributed by atoms with Crippen LogP contribution in [0.1, 0.15) is 24.1 Å². The lowest BCUT2D eigenvalue weighted by molar-refractivity contribution is 0.300. The Bertz CT molecular complexity index is 634. The van der Waals surface area contributed by atoms with Gasteiger partial charge in [-0.25, -0.2) is 0 Å². The number of nitrogens with one attached hydrogen (secondary N) is 1. The van der Waals surface area contributed by atoms with E-state index in [2.05, 4.69) is 34.2 Å². The zero-order chi connectivity index (χ0) is 15.4. The molecule has 0 aliphatic heterocycles. The summed E-state index contributed by atoms with van der Waals surface area (Å²) in [6.45, 7) is 2.49. The van der Waals surface area contributed by atoms with Crippen molar-refractivity contribution in [3.05, 3.63) is 62.0 Å². The molecule has 2 rings (SSSR count). The fraction of sp³-hybridized carbons (Fsp3) is 0.250. The molecule has 5 heteroatoms. The highest BCUT2D eigenvalue weighted by molar-refractivity contribution is 9.10. The second kappa shape index (κ2) is 7.50. The lowest BCUT2D eigenvalue weighted by atomic mass is 10.1. The van der Waals surface area contributed by atoms with Crippen LogP contribution in [0.2, 0.25) is 10.0 Å². The molecule has 0 spiro atoms. The third kappa shape index (κ3) is 4.36. The molecule has 1 atom stereocenters. The first-order chi connectivity index (χ1) is 10.0. The van der Waals surface area contributed by atoms with E-state index in [1.54, 1.807) is 6.07 Å². The molecule has 0 saturated carbocycles. The van der Waals surface area contributed by atoms with Crippen LogP contribution in [0.15, 0.2) is 40.9 Å². The van der Waals surface area contributed by atoms with E-state index < -0.39 is 0 Å². The Morgan fingerprint density at radius 3 is 2.62 bits per heavy atom. The van der Waals surface area contributed by atoms with Crippen LogP contribution in [0.25, 0.3) is 0 Å². The third-order valence-corrected chi connectivity index (χ3v) is 4.35. The van der Waals surface area contributed by atoms with E-state index in [9.17, 15) is 0 Å². The van der Waals surface area contributed by atoms with Gasteiger partial charge in [0.25, 0.3) is 0 Å². The topological polar surface area (TPSA) is 21.3 Å². The summed E-state index contributed by atoms with van der Waals surface area (Å²) in [5, 5.41) is 4.46. The second-order valence-corrected chi connectivity index (χ2v) is 6.48. The molecule has 0 aliphatic rings. The van der Waals surface area contributed by atoms with Crippen LogP contribution in [-0.4, -0.2) is 7.05 Å². The van der Waals surface area contributed by atoms with Gasteiger partial charge >= 0.3 is 0 Å². The molecule has 112 valence electrons. The molecule has 1 unspecified atom stereocenters. The molecule has 1 N–H and O–H groups in total. The Labute approximate surface area is 143 Å². The number of hydrogen-bond donors (Lipinski definition) is 1. The maximum Gasteiger partial charge on any atom is 0.124 e. The summed E-state index contributed by atoms with van der Waals surface area (Å²) in [5.74, 6) is 0.839. The maximum atomic E-state index is 6.17. The van der Waals surface area contributed by atoms with E-state index in [1.165, 1.54) is 0 Å².